The number of anilines is 1. The Morgan fingerprint density at radius 3 is 2.60 bits per heavy atom. The molecule has 1 heterocycles. The highest BCUT2D eigenvalue weighted by Gasteiger charge is 2.28. The van der Waals surface area contributed by atoms with Gasteiger partial charge in [-0.1, -0.05) is 24.3 Å². The first kappa shape index (κ1) is 8.80. The summed E-state index contributed by atoms with van der Waals surface area (Å²) in [6.45, 7) is 0. The van der Waals surface area contributed by atoms with Gasteiger partial charge in [-0.05, 0) is 29.5 Å². The van der Waals surface area contributed by atoms with Gasteiger partial charge < -0.3 is 0 Å². The van der Waals surface area contributed by atoms with Gasteiger partial charge in [0.15, 0.2) is 0 Å². The SMILES string of the molecule is CSN1C(=O)c2cccc3cccc1c23. The highest BCUT2D eigenvalue weighted by Crippen LogP contribution is 2.39. The minimum atomic E-state index is 0.0919. The van der Waals surface area contributed by atoms with Crippen LogP contribution in [0, 0.1) is 0 Å². The Kier molecular flexibility index (Phi) is 1.76. The Balaban J connectivity index is 2.45. The van der Waals surface area contributed by atoms with Crippen molar-refractivity contribution in [3.05, 3.63) is 42.0 Å². The number of hydrogen-bond acceptors (Lipinski definition) is 2. The number of rotatable bonds is 1. The van der Waals surface area contributed by atoms with E-state index in [1.807, 2.05) is 42.7 Å². The van der Waals surface area contributed by atoms with Gasteiger partial charge in [0.05, 0.1) is 11.3 Å². The molecule has 0 aromatic heterocycles. The van der Waals surface area contributed by atoms with Gasteiger partial charge in [0.25, 0.3) is 5.91 Å². The summed E-state index contributed by atoms with van der Waals surface area (Å²) in [5, 5.41) is 2.22. The Morgan fingerprint density at radius 2 is 1.87 bits per heavy atom. The molecular formula is C12H9NOS. The van der Waals surface area contributed by atoms with E-state index in [0.29, 0.717) is 0 Å². The van der Waals surface area contributed by atoms with Crippen LogP contribution in [-0.4, -0.2) is 12.2 Å². The predicted octanol–water partition coefficient (Wildman–Crippen LogP) is 3.08. The van der Waals surface area contributed by atoms with Gasteiger partial charge in [-0.3, -0.25) is 4.79 Å². The molecule has 0 spiro atoms. The topological polar surface area (TPSA) is 20.3 Å². The van der Waals surface area contributed by atoms with E-state index in [4.69, 9.17) is 0 Å². The molecule has 2 aromatic carbocycles. The molecule has 0 fully saturated rings. The number of hydrogen-bond donors (Lipinski definition) is 0. The third kappa shape index (κ3) is 1.04. The van der Waals surface area contributed by atoms with Gasteiger partial charge >= 0.3 is 0 Å². The van der Waals surface area contributed by atoms with Crippen LogP contribution >= 0.6 is 11.9 Å². The monoisotopic (exact) mass is 215 g/mol. The first-order valence-electron chi connectivity index (χ1n) is 4.73. The van der Waals surface area contributed by atoms with Crippen LogP contribution in [-0.2, 0) is 0 Å². The molecule has 0 bridgehead atoms. The second kappa shape index (κ2) is 3.00. The zero-order chi connectivity index (χ0) is 10.4. The summed E-state index contributed by atoms with van der Waals surface area (Å²) in [6.07, 6.45) is 1.92. The zero-order valence-electron chi connectivity index (χ0n) is 8.23. The molecular weight excluding hydrogens is 206 g/mol. The standard InChI is InChI=1S/C12H9NOS/c1-15-13-10-7-3-5-8-4-2-6-9(11(8)10)12(13)14/h2-7H,1H3. The van der Waals surface area contributed by atoms with Gasteiger partial charge in [-0.25, -0.2) is 4.31 Å². The average molecular weight is 215 g/mol. The summed E-state index contributed by atoms with van der Waals surface area (Å²) < 4.78 is 1.75. The lowest BCUT2D eigenvalue weighted by atomic mass is 10.1. The molecule has 74 valence electrons. The van der Waals surface area contributed by atoms with Crippen LogP contribution in [0.4, 0.5) is 5.69 Å². The van der Waals surface area contributed by atoms with Crippen molar-refractivity contribution >= 4 is 34.3 Å². The van der Waals surface area contributed by atoms with E-state index in [1.165, 1.54) is 11.9 Å². The van der Waals surface area contributed by atoms with Crippen LogP contribution in [0.3, 0.4) is 0 Å². The molecule has 1 amide bonds. The van der Waals surface area contributed by atoms with Crippen molar-refractivity contribution in [2.45, 2.75) is 0 Å². The smallest absolute Gasteiger partial charge is 0.268 e. The molecule has 3 rings (SSSR count). The average Bonchev–Trinajstić information content (AvgIpc) is 2.55. The molecule has 2 nitrogen and oxygen atoms in total. The Hall–Kier alpha value is -1.48. The van der Waals surface area contributed by atoms with Crippen LogP contribution in [0.2, 0.25) is 0 Å². The van der Waals surface area contributed by atoms with Gasteiger partial charge in [0, 0.05) is 11.6 Å². The van der Waals surface area contributed by atoms with E-state index < -0.39 is 0 Å². The van der Waals surface area contributed by atoms with E-state index in [2.05, 4.69) is 0 Å². The second-order valence-electron chi connectivity index (χ2n) is 3.46. The van der Waals surface area contributed by atoms with E-state index >= 15 is 0 Å². The molecule has 15 heavy (non-hydrogen) atoms. The molecule has 0 unspecified atom stereocenters. The summed E-state index contributed by atoms with van der Waals surface area (Å²) in [5.41, 5.74) is 1.83. The fourth-order valence-corrected chi connectivity index (χ4v) is 2.68. The van der Waals surface area contributed by atoms with Crippen molar-refractivity contribution in [3.8, 4) is 0 Å². The predicted molar refractivity (Wildman–Crippen MR) is 64.3 cm³/mol. The molecule has 0 saturated carbocycles. The number of carbonyl (C=O) groups excluding carboxylic acids is 1. The first-order valence-corrected chi connectivity index (χ1v) is 5.91. The maximum Gasteiger partial charge on any atom is 0.269 e. The largest absolute Gasteiger partial charge is 0.269 e. The third-order valence-corrected chi connectivity index (χ3v) is 3.43. The second-order valence-corrected chi connectivity index (χ2v) is 4.19. The van der Waals surface area contributed by atoms with E-state index in [1.54, 1.807) is 4.31 Å². The van der Waals surface area contributed by atoms with Gasteiger partial charge in [0.2, 0.25) is 0 Å². The molecule has 1 aliphatic rings. The van der Waals surface area contributed by atoms with Crippen LogP contribution in [0.5, 0.6) is 0 Å². The van der Waals surface area contributed by atoms with Crippen molar-refractivity contribution in [1.82, 2.24) is 0 Å². The number of carbonyl (C=O) groups is 1. The molecule has 2 aromatic rings. The van der Waals surface area contributed by atoms with E-state index in [-0.39, 0.29) is 5.91 Å². The fourth-order valence-electron chi connectivity index (χ4n) is 2.07. The molecule has 1 aliphatic heterocycles. The summed E-state index contributed by atoms with van der Waals surface area (Å²) >= 11 is 1.45. The normalized spacial score (nSPS) is 13.9. The number of nitrogens with zero attached hydrogens (tertiary/aromatic N) is 1. The third-order valence-electron chi connectivity index (χ3n) is 2.70. The Labute approximate surface area is 92.0 Å². The lowest BCUT2D eigenvalue weighted by Gasteiger charge is -2.12. The molecule has 3 heteroatoms. The lowest BCUT2D eigenvalue weighted by Crippen LogP contribution is -2.17. The summed E-state index contributed by atoms with van der Waals surface area (Å²) in [5.74, 6) is 0.0919. The summed E-state index contributed by atoms with van der Waals surface area (Å²) in [6, 6.07) is 11.9. The van der Waals surface area contributed by atoms with Crippen molar-refractivity contribution in [3.63, 3.8) is 0 Å². The highest BCUT2D eigenvalue weighted by molar-refractivity contribution is 8.00. The molecule has 0 atom stereocenters. The maximum atomic E-state index is 12.0. The Bertz CT molecular complexity index is 559. The quantitative estimate of drug-likeness (QED) is 0.681. The van der Waals surface area contributed by atoms with Crippen LogP contribution in [0.15, 0.2) is 36.4 Å². The lowest BCUT2D eigenvalue weighted by molar-refractivity contribution is 0.101. The van der Waals surface area contributed by atoms with Gasteiger partial charge in [-0.15, -0.1) is 0 Å². The van der Waals surface area contributed by atoms with Crippen molar-refractivity contribution in [2.75, 3.05) is 10.6 Å². The molecule has 0 saturated heterocycles. The number of amides is 1. The van der Waals surface area contributed by atoms with Crippen molar-refractivity contribution in [2.24, 2.45) is 0 Å². The summed E-state index contributed by atoms with van der Waals surface area (Å²) in [7, 11) is 0. The molecule has 0 radical (unpaired) electrons. The minimum absolute atomic E-state index is 0.0919. The molecule has 0 aliphatic carbocycles. The van der Waals surface area contributed by atoms with E-state index in [9.17, 15) is 4.79 Å². The van der Waals surface area contributed by atoms with Crippen molar-refractivity contribution < 1.29 is 4.79 Å². The molecule has 0 N–H and O–H groups in total. The fraction of sp³-hybridized carbons (Fsp3) is 0.0833. The van der Waals surface area contributed by atoms with Crippen LogP contribution in [0.25, 0.3) is 10.8 Å². The van der Waals surface area contributed by atoms with E-state index in [0.717, 1.165) is 22.0 Å². The van der Waals surface area contributed by atoms with Gasteiger partial charge in [-0.2, -0.15) is 0 Å². The van der Waals surface area contributed by atoms with Gasteiger partial charge in [0.1, 0.15) is 0 Å². The van der Waals surface area contributed by atoms with Crippen LogP contribution < -0.4 is 4.31 Å². The Morgan fingerprint density at radius 1 is 1.13 bits per heavy atom. The van der Waals surface area contributed by atoms with Crippen LogP contribution in [0.1, 0.15) is 10.4 Å². The number of benzene rings is 2. The summed E-state index contributed by atoms with van der Waals surface area (Å²) in [4.78, 5) is 12.0. The highest BCUT2D eigenvalue weighted by atomic mass is 32.2. The first-order chi connectivity index (χ1) is 7.33. The minimum Gasteiger partial charge on any atom is -0.268 e. The maximum absolute atomic E-state index is 12.0. The zero-order valence-corrected chi connectivity index (χ0v) is 9.04. The van der Waals surface area contributed by atoms with Crippen molar-refractivity contribution in [1.29, 1.82) is 0 Å².